The van der Waals surface area contributed by atoms with Gasteiger partial charge in [-0.2, -0.15) is 0 Å². The molecule has 1 aliphatic carbocycles. The normalized spacial score (nSPS) is 19.5. The van der Waals surface area contributed by atoms with Crippen LogP contribution in [0, 0.1) is 0 Å². The minimum Gasteiger partial charge on any atom is -0.508 e. The number of aliphatic hydroxyl groups excluding tert-OH is 1. The van der Waals surface area contributed by atoms with Gasteiger partial charge in [0.05, 0.1) is 11.5 Å². The molecule has 0 spiro atoms. The van der Waals surface area contributed by atoms with Gasteiger partial charge in [-0.25, -0.2) is 0 Å². The lowest BCUT2D eigenvalue weighted by molar-refractivity contribution is -0.124. The van der Waals surface area contributed by atoms with Crippen molar-refractivity contribution in [3.63, 3.8) is 0 Å². The molecule has 4 nitrogen and oxygen atoms in total. The number of carbonyl (C=O) groups excluding carboxylic acids is 1. The number of rotatable bonds is 5. The van der Waals surface area contributed by atoms with Crippen LogP contribution >= 0.6 is 0 Å². The lowest BCUT2D eigenvalue weighted by atomic mass is 9.94. The van der Waals surface area contributed by atoms with Gasteiger partial charge in [-0.05, 0) is 50.8 Å². The molecular formula is C15H21NO3. The van der Waals surface area contributed by atoms with Crippen LogP contribution in [0.2, 0.25) is 0 Å². The molecule has 0 heterocycles. The predicted molar refractivity (Wildman–Crippen MR) is 72.9 cm³/mol. The lowest BCUT2D eigenvalue weighted by Gasteiger charge is -2.21. The summed E-state index contributed by atoms with van der Waals surface area (Å²) in [7, 11) is 0. The fourth-order valence-electron chi connectivity index (χ4n) is 2.48. The van der Waals surface area contributed by atoms with E-state index in [1.165, 1.54) is 0 Å². The number of phenols is 1. The number of amides is 1. The Kier molecular flexibility index (Phi) is 3.80. The Bertz CT molecular complexity index is 449. The number of aromatic hydroxyl groups is 1. The van der Waals surface area contributed by atoms with Crippen molar-refractivity contribution in [3.05, 3.63) is 29.8 Å². The van der Waals surface area contributed by atoms with Gasteiger partial charge in [0, 0.05) is 6.04 Å². The highest BCUT2D eigenvalue weighted by molar-refractivity contribution is 5.91. The number of hydrogen-bond donors (Lipinski definition) is 3. The zero-order chi connectivity index (χ0) is 14.0. The molecule has 1 saturated carbocycles. The number of benzene rings is 1. The summed E-state index contributed by atoms with van der Waals surface area (Å²) in [6, 6.07) is 6.80. The molecule has 0 radical (unpaired) electrons. The van der Waals surface area contributed by atoms with Crippen molar-refractivity contribution in [1.29, 1.82) is 0 Å². The van der Waals surface area contributed by atoms with Gasteiger partial charge in [0.15, 0.2) is 0 Å². The van der Waals surface area contributed by atoms with Crippen LogP contribution in [0.5, 0.6) is 5.75 Å². The average Bonchev–Trinajstić information content (AvgIpc) is 3.09. The summed E-state index contributed by atoms with van der Waals surface area (Å²) in [5.74, 6) is 0.230. The van der Waals surface area contributed by atoms with Crippen LogP contribution in [-0.4, -0.2) is 28.3 Å². The molecule has 1 aromatic rings. The Morgan fingerprint density at radius 1 is 1.32 bits per heavy atom. The predicted octanol–water partition coefficient (Wildman–Crippen LogP) is 1.70. The van der Waals surface area contributed by atoms with Gasteiger partial charge in [0.25, 0.3) is 0 Å². The maximum absolute atomic E-state index is 12.3. The molecule has 104 valence electrons. The van der Waals surface area contributed by atoms with Crippen molar-refractivity contribution < 1.29 is 15.0 Å². The van der Waals surface area contributed by atoms with Gasteiger partial charge < -0.3 is 15.5 Å². The quantitative estimate of drug-likeness (QED) is 0.757. The van der Waals surface area contributed by atoms with Crippen LogP contribution in [0.3, 0.4) is 0 Å². The molecule has 19 heavy (non-hydrogen) atoms. The standard InChI is InChI=1S/C15H21NO3/c1-10(9-11(2)17)16-14(19)15(7-8-15)12-3-5-13(18)6-4-12/h3-6,10-11,17-18H,7-9H2,1-2H3,(H,16,19). The Morgan fingerprint density at radius 2 is 1.89 bits per heavy atom. The van der Waals surface area contributed by atoms with E-state index in [1.807, 2.05) is 6.92 Å². The second kappa shape index (κ2) is 5.21. The third-order valence-electron chi connectivity index (χ3n) is 3.68. The molecule has 4 heteroatoms. The van der Waals surface area contributed by atoms with Crippen molar-refractivity contribution in [1.82, 2.24) is 5.32 Å². The van der Waals surface area contributed by atoms with E-state index in [4.69, 9.17) is 0 Å². The van der Waals surface area contributed by atoms with Crippen LogP contribution in [0.4, 0.5) is 0 Å². The summed E-state index contributed by atoms with van der Waals surface area (Å²) < 4.78 is 0. The average molecular weight is 263 g/mol. The van der Waals surface area contributed by atoms with Crippen molar-refractivity contribution >= 4 is 5.91 Å². The molecule has 0 aliphatic heterocycles. The zero-order valence-electron chi connectivity index (χ0n) is 11.4. The zero-order valence-corrected chi connectivity index (χ0v) is 11.4. The third-order valence-corrected chi connectivity index (χ3v) is 3.68. The second-order valence-corrected chi connectivity index (χ2v) is 5.59. The van der Waals surface area contributed by atoms with Gasteiger partial charge in [0.1, 0.15) is 5.75 Å². The van der Waals surface area contributed by atoms with E-state index in [9.17, 15) is 15.0 Å². The van der Waals surface area contributed by atoms with E-state index in [0.717, 1.165) is 18.4 Å². The highest BCUT2D eigenvalue weighted by Gasteiger charge is 2.51. The molecule has 2 rings (SSSR count). The van der Waals surface area contributed by atoms with E-state index in [0.29, 0.717) is 6.42 Å². The molecule has 0 aromatic heterocycles. The van der Waals surface area contributed by atoms with E-state index in [2.05, 4.69) is 5.32 Å². The van der Waals surface area contributed by atoms with Crippen molar-refractivity contribution in [3.8, 4) is 5.75 Å². The molecule has 0 saturated heterocycles. The lowest BCUT2D eigenvalue weighted by Crippen LogP contribution is -2.41. The smallest absolute Gasteiger partial charge is 0.230 e. The Hall–Kier alpha value is -1.55. The summed E-state index contributed by atoms with van der Waals surface area (Å²) in [6.07, 6.45) is 1.81. The summed E-state index contributed by atoms with van der Waals surface area (Å²) >= 11 is 0. The van der Waals surface area contributed by atoms with Gasteiger partial charge in [-0.1, -0.05) is 12.1 Å². The summed E-state index contributed by atoms with van der Waals surface area (Å²) in [4.78, 5) is 12.3. The van der Waals surface area contributed by atoms with E-state index >= 15 is 0 Å². The van der Waals surface area contributed by atoms with Gasteiger partial charge in [-0.3, -0.25) is 4.79 Å². The van der Waals surface area contributed by atoms with Gasteiger partial charge in [-0.15, -0.1) is 0 Å². The fourth-order valence-corrected chi connectivity index (χ4v) is 2.48. The molecule has 1 fully saturated rings. The summed E-state index contributed by atoms with van der Waals surface area (Å²) in [5, 5.41) is 21.6. The SMILES string of the molecule is CC(O)CC(C)NC(=O)C1(c2ccc(O)cc2)CC1. The van der Waals surface area contributed by atoms with Gasteiger partial charge in [0.2, 0.25) is 5.91 Å². The van der Waals surface area contributed by atoms with Crippen LogP contribution in [0.1, 0.15) is 38.7 Å². The highest BCUT2D eigenvalue weighted by atomic mass is 16.3. The Morgan fingerprint density at radius 3 is 2.37 bits per heavy atom. The first-order valence-corrected chi connectivity index (χ1v) is 6.72. The van der Waals surface area contributed by atoms with Crippen molar-refractivity contribution in [2.24, 2.45) is 0 Å². The number of aliphatic hydroxyl groups is 1. The highest BCUT2D eigenvalue weighted by Crippen LogP contribution is 2.48. The van der Waals surface area contributed by atoms with Crippen LogP contribution < -0.4 is 5.32 Å². The molecule has 1 amide bonds. The third kappa shape index (κ3) is 3.07. The Labute approximate surface area is 113 Å². The Balaban J connectivity index is 2.04. The second-order valence-electron chi connectivity index (χ2n) is 5.59. The fraction of sp³-hybridized carbons (Fsp3) is 0.533. The van der Waals surface area contributed by atoms with Crippen molar-refractivity contribution in [2.75, 3.05) is 0 Å². The number of hydrogen-bond acceptors (Lipinski definition) is 3. The molecule has 3 N–H and O–H groups in total. The van der Waals surface area contributed by atoms with Crippen LogP contribution in [0.15, 0.2) is 24.3 Å². The minimum absolute atomic E-state index is 0.0198. The first kappa shape index (κ1) is 13.9. The van der Waals surface area contributed by atoms with Crippen LogP contribution in [0.25, 0.3) is 0 Å². The number of carbonyl (C=O) groups is 1. The molecule has 1 aromatic carbocycles. The molecule has 1 aliphatic rings. The molecule has 2 atom stereocenters. The first-order chi connectivity index (χ1) is 8.94. The first-order valence-electron chi connectivity index (χ1n) is 6.72. The van der Waals surface area contributed by atoms with E-state index in [1.54, 1.807) is 31.2 Å². The molecule has 2 unspecified atom stereocenters. The van der Waals surface area contributed by atoms with Gasteiger partial charge >= 0.3 is 0 Å². The summed E-state index contributed by atoms with van der Waals surface area (Å²) in [5.41, 5.74) is 0.521. The molecular weight excluding hydrogens is 242 g/mol. The van der Waals surface area contributed by atoms with Crippen molar-refractivity contribution in [2.45, 2.75) is 50.7 Å². The largest absolute Gasteiger partial charge is 0.508 e. The topological polar surface area (TPSA) is 69.6 Å². The van der Waals surface area contributed by atoms with E-state index in [-0.39, 0.29) is 17.7 Å². The number of phenolic OH excluding ortho intramolecular Hbond substituents is 1. The minimum atomic E-state index is -0.430. The van der Waals surface area contributed by atoms with E-state index < -0.39 is 11.5 Å². The summed E-state index contributed by atoms with van der Waals surface area (Å²) in [6.45, 7) is 3.62. The maximum Gasteiger partial charge on any atom is 0.230 e. The molecule has 0 bridgehead atoms. The maximum atomic E-state index is 12.3. The van der Waals surface area contributed by atoms with Crippen LogP contribution in [-0.2, 0) is 10.2 Å². The monoisotopic (exact) mass is 263 g/mol. The number of nitrogens with one attached hydrogen (secondary N) is 1.